The van der Waals surface area contributed by atoms with E-state index < -0.39 is 0 Å². The molecule has 364 valence electrons. The van der Waals surface area contributed by atoms with E-state index >= 15 is 0 Å². The molecule has 0 atom stereocenters. The molecule has 0 unspecified atom stereocenters. The molecule has 76 heavy (non-hydrogen) atoms. The molecule has 0 N–H and O–H groups in total. The van der Waals surface area contributed by atoms with Crippen LogP contribution in [-0.4, -0.2) is 0 Å². The number of hydrogen-bond acceptors (Lipinski definition) is 0. The fourth-order valence-corrected chi connectivity index (χ4v) is 12.7. The molecule has 0 heterocycles. The van der Waals surface area contributed by atoms with Gasteiger partial charge in [-0.2, -0.15) is 0 Å². The molecule has 0 nitrogen and oxygen atoms in total. The highest BCUT2D eigenvalue weighted by Crippen LogP contribution is 2.50. The predicted octanol–water partition coefficient (Wildman–Crippen LogP) is 21.7. The zero-order valence-electron chi connectivity index (χ0n) is 44.8. The lowest BCUT2D eigenvalue weighted by molar-refractivity contribution is 1.35. The van der Waals surface area contributed by atoms with Crippen molar-refractivity contribution in [2.75, 3.05) is 0 Å². The molecule has 0 aromatic heterocycles. The molecule has 14 aromatic carbocycles. The normalized spacial score (nSPS) is 11.7. The molecular formula is C76H60. The van der Waals surface area contributed by atoms with Crippen molar-refractivity contribution >= 4 is 86.2 Å². The Hall–Kier alpha value is -8.84. The molecule has 16 rings (SSSR count). The number of benzene rings is 14. The van der Waals surface area contributed by atoms with Gasteiger partial charge in [-0.3, -0.25) is 0 Å². The maximum Gasteiger partial charge on any atom is -0.00263 e. The molecule has 14 aromatic rings. The summed E-state index contributed by atoms with van der Waals surface area (Å²) in [5.41, 5.74) is 22.2. The first-order valence-electron chi connectivity index (χ1n) is 26.9. The number of fused-ring (bicyclic) bond motifs is 18. The largest absolute Gasteiger partial charge is 0.0616 e. The first-order valence-corrected chi connectivity index (χ1v) is 26.9. The van der Waals surface area contributed by atoms with E-state index in [-0.39, 0.29) is 0 Å². The smallest absolute Gasteiger partial charge is 0.00263 e. The van der Waals surface area contributed by atoms with Crippen LogP contribution >= 0.6 is 0 Å². The zero-order chi connectivity index (χ0) is 51.9. The molecule has 2 aliphatic rings. The standard InChI is InChI=1S/2C20H16.2C18H14/c1-13-11-19-17-9-5-3-7-15(17)16-8-4-6-10-18(16)20(19)12-14(13)2;1-13-11-12-19-17-9-4-3-7-15(17)16-8-5-6-10-18(16)20(19)14(13)2;1-11-9-16-14-7-3-5-13-6-4-8-15(18(13)14)17(16)10-12(11)2;1-11-9-10-15-14-7-3-5-13-6-4-8-16(18(13)14)17(15)12(11)2/h2*3-12H,1-2H3;2*3-10H,1-2H3. The minimum absolute atomic E-state index is 1.34. The van der Waals surface area contributed by atoms with E-state index in [1.807, 2.05) is 0 Å². The Morgan fingerprint density at radius 3 is 0.974 bits per heavy atom. The lowest BCUT2D eigenvalue weighted by atomic mass is 9.90. The van der Waals surface area contributed by atoms with E-state index in [1.54, 1.807) is 0 Å². The number of rotatable bonds is 0. The summed E-state index contributed by atoms with van der Waals surface area (Å²) >= 11 is 0. The van der Waals surface area contributed by atoms with Crippen molar-refractivity contribution in [3.05, 3.63) is 263 Å². The van der Waals surface area contributed by atoms with Gasteiger partial charge < -0.3 is 0 Å². The first-order chi connectivity index (χ1) is 37.0. The van der Waals surface area contributed by atoms with E-state index in [0.717, 1.165) is 0 Å². The van der Waals surface area contributed by atoms with Crippen molar-refractivity contribution in [1.29, 1.82) is 0 Å². The molecule has 0 fully saturated rings. The van der Waals surface area contributed by atoms with Gasteiger partial charge in [0.1, 0.15) is 0 Å². The number of aryl methyl sites for hydroxylation is 7. The lowest BCUT2D eigenvalue weighted by Crippen LogP contribution is -1.88. The monoisotopic (exact) mass is 972 g/mol. The molecule has 0 aliphatic heterocycles. The van der Waals surface area contributed by atoms with E-state index in [0.29, 0.717) is 0 Å². The molecule has 0 bridgehead atoms. The third kappa shape index (κ3) is 7.50. The number of hydrogen-bond donors (Lipinski definition) is 0. The average Bonchev–Trinajstić information content (AvgIpc) is 4.07. The van der Waals surface area contributed by atoms with Gasteiger partial charge in [-0.15, -0.1) is 0 Å². The van der Waals surface area contributed by atoms with Gasteiger partial charge in [0, 0.05) is 0 Å². The van der Waals surface area contributed by atoms with Crippen LogP contribution in [0.5, 0.6) is 0 Å². The van der Waals surface area contributed by atoms with Gasteiger partial charge in [-0.25, -0.2) is 0 Å². The van der Waals surface area contributed by atoms with Gasteiger partial charge in [0.05, 0.1) is 0 Å². The van der Waals surface area contributed by atoms with Gasteiger partial charge in [0.15, 0.2) is 0 Å². The lowest BCUT2D eigenvalue weighted by Gasteiger charge is -2.13. The fourth-order valence-electron chi connectivity index (χ4n) is 12.7. The van der Waals surface area contributed by atoms with Crippen LogP contribution < -0.4 is 0 Å². The highest BCUT2D eigenvalue weighted by Gasteiger charge is 2.24. The van der Waals surface area contributed by atoms with Crippen LogP contribution in [0, 0.1) is 55.4 Å². The van der Waals surface area contributed by atoms with Gasteiger partial charge >= 0.3 is 0 Å². The van der Waals surface area contributed by atoms with Crippen molar-refractivity contribution in [2.45, 2.75) is 55.4 Å². The van der Waals surface area contributed by atoms with Crippen molar-refractivity contribution in [2.24, 2.45) is 0 Å². The summed E-state index contributed by atoms with van der Waals surface area (Å²) in [4.78, 5) is 0. The van der Waals surface area contributed by atoms with Crippen LogP contribution in [-0.2, 0) is 0 Å². The molecule has 0 saturated carbocycles. The van der Waals surface area contributed by atoms with Gasteiger partial charge in [-0.1, -0.05) is 218 Å². The van der Waals surface area contributed by atoms with Gasteiger partial charge in [0.2, 0.25) is 0 Å². The zero-order valence-corrected chi connectivity index (χ0v) is 44.8. The topological polar surface area (TPSA) is 0 Å². The van der Waals surface area contributed by atoms with Crippen molar-refractivity contribution in [1.82, 2.24) is 0 Å². The quantitative estimate of drug-likeness (QED) is 0.133. The predicted molar refractivity (Wildman–Crippen MR) is 333 cm³/mol. The summed E-state index contributed by atoms with van der Waals surface area (Å²) in [6, 6.07) is 79.7. The second-order valence-electron chi connectivity index (χ2n) is 21.4. The maximum atomic E-state index is 2.33. The third-order valence-corrected chi connectivity index (χ3v) is 17.1. The Balaban J connectivity index is 0.0000000971. The third-order valence-electron chi connectivity index (χ3n) is 17.1. The van der Waals surface area contributed by atoms with Crippen LogP contribution in [0.2, 0.25) is 0 Å². The minimum atomic E-state index is 1.34. The van der Waals surface area contributed by atoms with Crippen LogP contribution in [0.15, 0.2) is 218 Å². The Labute approximate surface area is 446 Å². The molecular weight excluding hydrogens is 913 g/mol. The molecule has 0 saturated heterocycles. The summed E-state index contributed by atoms with van der Waals surface area (Å²) in [5, 5.41) is 21.8. The molecule has 0 spiro atoms. The molecule has 0 heteroatoms. The summed E-state index contributed by atoms with van der Waals surface area (Å²) < 4.78 is 0. The Bertz CT molecular complexity index is 4450. The second kappa shape index (κ2) is 18.5. The van der Waals surface area contributed by atoms with Crippen LogP contribution in [0.25, 0.3) is 131 Å². The van der Waals surface area contributed by atoms with E-state index in [2.05, 4.69) is 274 Å². The summed E-state index contributed by atoms with van der Waals surface area (Å²) in [6.45, 7) is 17.6. The van der Waals surface area contributed by atoms with Crippen LogP contribution in [0.3, 0.4) is 0 Å². The molecule has 2 aliphatic carbocycles. The fraction of sp³-hybridized carbons (Fsp3) is 0.105. The average molecular weight is 973 g/mol. The second-order valence-corrected chi connectivity index (χ2v) is 21.4. The minimum Gasteiger partial charge on any atom is -0.0616 e. The Morgan fingerprint density at radius 2 is 0.513 bits per heavy atom. The van der Waals surface area contributed by atoms with Gasteiger partial charge in [0.25, 0.3) is 0 Å². The summed E-state index contributed by atoms with van der Waals surface area (Å²) in [7, 11) is 0. The molecule has 0 radical (unpaired) electrons. The van der Waals surface area contributed by atoms with Gasteiger partial charge in [-0.05, 0) is 231 Å². The summed E-state index contributed by atoms with van der Waals surface area (Å²) in [6.07, 6.45) is 0. The van der Waals surface area contributed by atoms with Crippen molar-refractivity contribution in [3.63, 3.8) is 0 Å². The van der Waals surface area contributed by atoms with Crippen LogP contribution in [0.1, 0.15) is 44.5 Å². The maximum absolute atomic E-state index is 2.33. The summed E-state index contributed by atoms with van der Waals surface area (Å²) in [5.74, 6) is 0. The SMILES string of the molecule is Cc1cc2c(cc1C)-c1cccc3cccc-2c13.Cc1cc2c3ccccc3c3ccccc3c2cc1C.Cc1ccc2c(c1C)-c1cccc3cccc-2c13.Cc1ccc2c3ccccc3c3ccccc3c2c1C. The van der Waals surface area contributed by atoms with E-state index in [4.69, 9.17) is 0 Å². The Morgan fingerprint density at radius 1 is 0.184 bits per heavy atom. The van der Waals surface area contributed by atoms with Crippen molar-refractivity contribution in [3.8, 4) is 44.5 Å². The Kier molecular flexibility index (Phi) is 11.4. The highest BCUT2D eigenvalue weighted by atomic mass is 14.3. The van der Waals surface area contributed by atoms with Crippen LogP contribution in [0.4, 0.5) is 0 Å². The first kappa shape index (κ1) is 46.9. The highest BCUT2D eigenvalue weighted by molar-refractivity contribution is 6.27. The van der Waals surface area contributed by atoms with Crippen molar-refractivity contribution < 1.29 is 0 Å². The van der Waals surface area contributed by atoms with E-state index in [9.17, 15) is 0 Å². The van der Waals surface area contributed by atoms with E-state index in [1.165, 1.54) is 175 Å². The molecule has 0 amide bonds.